The zero-order valence-electron chi connectivity index (χ0n) is 12.8. The van der Waals surface area contributed by atoms with Gasteiger partial charge in [0.25, 0.3) is 0 Å². The van der Waals surface area contributed by atoms with Crippen LogP contribution in [0, 0.1) is 0 Å². The summed E-state index contributed by atoms with van der Waals surface area (Å²) in [5, 5.41) is 3.50. The standard InChI is InChI=1S/C18H28N2/c1-20(17-7-3-2-4-8-17)13-11-15-9-10-18-16(14-15)6-5-12-19-18/h9-10,14,17,19H,2-8,11-13H2,1H3. The van der Waals surface area contributed by atoms with Gasteiger partial charge in [0.05, 0.1) is 0 Å². The predicted molar refractivity (Wildman–Crippen MR) is 86.5 cm³/mol. The molecule has 1 saturated carbocycles. The third-order valence-electron chi connectivity index (χ3n) is 5.06. The molecule has 1 fully saturated rings. The lowest BCUT2D eigenvalue weighted by molar-refractivity contribution is 0.194. The van der Waals surface area contributed by atoms with Crippen LogP contribution in [-0.2, 0) is 12.8 Å². The van der Waals surface area contributed by atoms with E-state index in [-0.39, 0.29) is 0 Å². The Morgan fingerprint density at radius 2 is 2.00 bits per heavy atom. The summed E-state index contributed by atoms with van der Waals surface area (Å²) < 4.78 is 0. The van der Waals surface area contributed by atoms with Crippen molar-refractivity contribution in [2.24, 2.45) is 0 Å². The van der Waals surface area contributed by atoms with E-state index in [1.807, 2.05) is 0 Å². The predicted octanol–water partition coefficient (Wildman–Crippen LogP) is 3.85. The number of nitrogens with zero attached hydrogens (tertiary/aromatic N) is 1. The van der Waals surface area contributed by atoms with Crippen molar-refractivity contribution in [2.45, 2.75) is 57.4 Å². The molecule has 2 nitrogen and oxygen atoms in total. The zero-order valence-corrected chi connectivity index (χ0v) is 12.8. The van der Waals surface area contributed by atoms with Crippen LogP contribution in [0.4, 0.5) is 5.69 Å². The molecule has 20 heavy (non-hydrogen) atoms. The molecular weight excluding hydrogens is 244 g/mol. The van der Waals surface area contributed by atoms with Gasteiger partial charge < -0.3 is 10.2 Å². The van der Waals surface area contributed by atoms with Crippen molar-refractivity contribution >= 4 is 5.69 Å². The average Bonchev–Trinajstić information content (AvgIpc) is 2.53. The van der Waals surface area contributed by atoms with Gasteiger partial charge in [-0.2, -0.15) is 0 Å². The zero-order chi connectivity index (χ0) is 13.8. The van der Waals surface area contributed by atoms with Gasteiger partial charge in [-0.25, -0.2) is 0 Å². The summed E-state index contributed by atoms with van der Waals surface area (Å²) in [4.78, 5) is 2.59. The van der Waals surface area contributed by atoms with Crippen LogP contribution in [0.5, 0.6) is 0 Å². The number of hydrogen-bond acceptors (Lipinski definition) is 2. The second-order valence-electron chi connectivity index (χ2n) is 6.54. The summed E-state index contributed by atoms with van der Waals surface area (Å²) in [7, 11) is 2.32. The minimum atomic E-state index is 0.836. The second kappa shape index (κ2) is 6.62. The highest BCUT2D eigenvalue weighted by molar-refractivity contribution is 5.54. The van der Waals surface area contributed by atoms with Crippen LogP contribution in [0.15, 0.2) is 18.2 Å². The molecule has 2 aliphatic rings. The summed E-state index contributed by atoms with van der Waals surface area (Å²) >= 11 is 0. The maximum absolute atomic E-state index is 3.50. The number of rotatable bonds is 4. The van der Waals surface area contributed by atoms with Crippen LogP contribution < -0.4 is 5.32 Å². The molecule has 1 aromatic rings. The van der Waals surface area contributed by atoms with Gasteiger partial charge >= 0.3 is 0 Å². The lowest BCUT2D eigenvalue weighted by Crippen LogP contribution is -2.34. The SMILES string of the molecule is CN(CCc1ccc2c(c1)CCCN2)C1CCCCC1. The molecule has 0 radical (unpaired) electrons. The van der Waals surface area contributed by atoms with Crippen LogP contribution in [0.3, 0.4) is 0 Å². The first-order chi connectivity index (χ1) is 9.83. The van der Waals surface area contributed by atoms with Crippen molar-refractivity contribution in [3.05, 3.63) is 29.3 Å². The van der Waals surface area contributed by atoms with E-state index >= 15 is 0 Å². The maximum atomic E-state index is 3.50. The number of aryl methyl sites for hydroxylation is 1. The van der Waals surface area contributed by atoms with E-state index in [0.717, 1.165) is 12.6 Å². The molecule has 0 bridgehead atoms. The van der Waals surface area contributed by atoms with Gasteiger partial charge in [0, 0.05) is 24.8 Å². The van der Waals surface area contributed by atoms with Crippen molar-refractivity contribution in [2.75, 3.05) is 25.5 Å². The van der Waals surface area contributed by atoms with Gasteiger partial charge in [-0.15, -0.1) is 0 Å². The second-order valence-corrected chi connectivity index (χ2v) is 6.54. The smallest absolute Gasteiger partial charge is 0.0372 e. The molecule has 0 saturated heterocycles. The van der Waals surface area contributed by atoms with Crippen LogP contribution in [0.25, 0.3) is 0 Å². The third-order valence-corrected chi connectivity index (χ3v) is 5.06. The lowest BCUT2D eigenvalue weighted by atomic mass is 9.94. The first-order valence-electron chi connectivity index (χ1n) is 8.39. The molecule has 0 atom stereocenters. The number of nitrogens with one attached hydrogen (secondary N) is 1. The molecule has 1 N–H and O–H groups in total. The van der Waals surface area contributed by atoms with E-state index in [9.17, 15) is 0 Å². The lowest BCUT2D eigenvalue weighted by Gasteiger charge is -2.31. The van der Waals surface area contributed by atoms with Gasteiger partial charge in [-0.05, 0) is 56.3 Å². The van der Waals surface area contributed by atoms with Gasteiger partial charge in [0.15, 0.2) is 0 Å². The quantitative estimate of drug-likeness (QED) is 0.895. The monoisotopic (exact) mass is 272 g/mol. The topological polar surface area (TPSA) is 15.3 Å². The highest BCUT2D eigenvalue weighted by atomic mass is 15.1. The summed E-state index contributed by atoms with van der Waals surface area (Å²) in [5.74, 6) is 0. The molecule has 0 unspecified atom stereocenters. The highest BCUT2D eigenvalue weighted by Gasteiger charge is 2.17. The highest BCUT2D eigenvalue weighted by Crippen LogP contribution is 2.24. The Kier molecular flexibility index (Phi) is 4.62. The Hall–Kier alpha value is -1.02. The number of anilines is 1. The van der Waals surface area contributed by atoms with Crippen LogP contribution >= 0.6 is 0 Å². The van der Waals surface area contributed by atoms with Gasteiger partial charge in [0.1, 0.15) is 0 Å². The van der Waals surface area contributed by atoms with E-state index < -0.39 is 0 Å². The molecule has 1 aromatic carbocycles. The van der Waals surface area contributed by atoms with Crippen molar-refractivity contribution in [3.63, 3.8) is 0 Å². The van der Waals surface area contributed by atoms with E-state index in [1.54, 1.807) is 0 Å². The summed E-state index contributed by atoms with van der Waals surface area (Å²) in [6.45, 7) is 2.34. The first kappa shape index (κ1) is 13.9. The molecule has 3 rings (SSSR count). The fourth-order valence-corrected chi connectivity index (χ4v) is 3.69. The Balaban J connectivity index is 1.55. The Morgan fingerprint density at radius 1 is 1.15 bits per heavy atom. The Morgan fingerprint density at radius 3 is 2.85 bits per heavy atom. The maximum Gasteiger partial charge on any atom is 0.0372 e. The fourth-order valence-electron chi connectivity index (χ4n) is 3.69. The van der Waals surface area contributed by atoms with Crippen molar-refractivity contribution in [1.82, 2.24) is 4.90 Å². The summed E-state index contributed by atoms with van der Waals surface area (Å²) in [6, 6.07) is 7.86. The van der Waals surface area contributed by atoms with Gasteiger partial charge in [-0.1, -0.05) is 31.4 Å². The fraction of sp³-hybridized carbons (Fsp3) is 0.667. The Bertz CT molecular complexity index is 435. The molecule has 0 spiro atoms. The molecule has 1 heterocycles. The number of fused-ring (bicyclic) bond motifs is 1. The number of benzene rings is 1. The molecule has 2 heteroatoms. The molecule has 0 aromatic heterocycles. The van der Waals surface area contributed by atoms with E-state index in [2.05, 4.69) is 35.5 Å². The van der Waals surface area contributed by atoms with Crippen LogP contribution in [0.2, 0.25) is 0 Å². The molecule has 0 amide bonds. The Labute approximate surface area is 123 Å². The summed E-state index contributed by atoms with van der Waals surface area (Å²) in [6.07, 6.45) is 10.8. The van der Waals surface area contributed by atoms with Crippen molar-refractivity contribution in [1.29, 1.82) is 0 Å². The van der Waals surface area contributed by atoms with Crippen molar-refractivity contribution < 1.29 is 0 Å². The third kappa shape index (κ3) is 3.35. The first-order valence-corrected chi connectivity index (χ1v) is 8.39. The van der Waals surface area contributed by atoms with Gasteiger partial charge in [0.2, 0.25) is 0 Å². The number of hydrogen-bond donors (Lipinski definition) is 1. The van der Waals surface area contributed by atoms with E-state index in [0.29, 0.717) is 0 Å². The van der Waals surface area contributed by atoms with E-state index in [1.165, 1.54) is 74.7 Å². The molecule has 110 valence electrons. The number of likely N-dealkylation sites (N-methyl/N-ethyl adjacent to an activating group) is 1. The minimum absolute atomic E-state index is 0.836. The normalized spacial score (nSPS) is 19.7. The van der Waals surface area contributed by atoms with Gasteiger partial charge in [-0.3, -0.25) is 0 Å². The minimum Gasteiger partial charge on any atom is -0.385 e. The van der Waals surface area contributed by atoms with Crippen molar-refractivity contribution in [3.8, 4) is 0 Å². The van der Waals surface area contributed by atoms with E-state index in [4.69, 9.17) is 0 Å². The van der Waals surface area contributed by atoms with Crippen LogP contribution in [-0.4, -0.2) is 31.1 Å². The largest absolute Gasteiger partial charge is 0.385 e. The van der Waals surface area contributed by atoms with Crippen LogP contribution in [0.1, 0.15) is 49.7 Å². The average molecular weight is 272 g/mol. The molecule has 1 aliphatic heterocycles. The molecular formula is C18H28N2. The molecule has 1 aliphatic carbocycles. The summed E-state index contributed by atoms with van der Waals surface area (Å²) in [5.41, 5.74) is 4.39.